The number of imide groups is 1. The maximum absolute atomic E-state index is 12.5. The summed E-state index contributed by atoms with van der Waals surface area (Å²) in [4.78, 5) is 27.1. The van der Waals surface area contributed by atoms with E-state index >= 15 is 0 Å². The number of halogens is 3. The Bertz CT molecular complexity index is 802. The number of methoxy groups -OCH3 is 1. The van der Waals surface area contributed by atoms with Gasteiger partial charge in [0.1, 0.15) is 5.75 Å². The van der Waals surface area contributed by atoms with Crippen molar-refractivity contribution in [2.45, 2.75) is 32.4 Å². The molecule has 10 heteroatoms. The van der Waals surface area contributed by atoms with Gasteiger partial charge in [0.15, 0.2) is 0 Å². The second kappa shape index (κ2) is 7.98. The SMILES string of the molecule is CCCCC(=O)NC(=O)c1ccc(-c2noc(C(F)(F)F)n2)cc1OC. The number of benzene rings is 1. The topological polar surface area (TPSA) is 94.3 Å². The second-order valence-corrected chi connectivity index (χ2v) is 5.32. The minimum absolute atomic E-state index is 0.0561. The van der Waals surface area contributed by atoms with Crippen LogP contribution in [0.2, 0.25) is 0 Å². The number of nitrogens with one attached hydrogen (secondary N) is 1. The Balaban J connectivity index is 2.23. The lowest BCUT2D eigenvalue weighted by atomic mass is 10.1. The molecule has 26 heavy (non-hydrogen) atoms. The molecular weight excluding hydrogens is 355 g/mol. The number of aromatic nitrogens is 2. The van der Waals surface area contributed by atoms with Crippen LogP contribution in [-0.2, 0) is 11.0 Å². The van der Waals surface area contributed by atoms with Gasteiger partial charge in [-0.15, -0.1) is 0 Å². The summed E-state index contributed by atoms with van der Waals surface area (Å²) in [5.41, 5.74) is 0.218. The van der Waals surface area contributed by atoms with E-state index in [1.807, 2.05) is 6.92 Å². The number of ether oxygens (including phenoxy) is 1. The molecule has 0 saturated heterocycles. The van der Waals surface area contributed by atoms with Crippen molar-refractivity contribution in [3.05, 3.63) is 29.7 Å². The molecule has 2 rings (SSSR count). The lowest BCUT2D eigenvalue weighted by molar-refractivity contribution is -0.159. The van der Waals surface area contributed by atoms with E-state index in [0.29, 0.717) is 6.42 Å². The summed E-state index contributed by atoms with van der Waals surface area (Å²) in [6.07, 6.45) is -3.08. The highest BCUT2D eigenvalue weighted by molar-refractivity contribution is 6.06. The number of nitrogens with zero attached hydrogens (tertiary/aromatic N) is 2. The van der Waals surface area contributed by atoms with Gasteiger partial charge in [-0.3, -0.25) is 14.9 Å². The Morgan fingerprint density at radius 2 is 2.04 bits per heavy atom. The quantitative estimate of drug-likeness (QED) is 0.838. The van der Waals surface area contributed by atoms with Crippen LogP contribution in [0.5, 0.6) is 5.75 Å². The Labute approximate surface area is 146 Å². The predicted molar refractivity (Wildman–Crippen MR) is 83.3 cm³/mol. The third-order valence-corrected chi connectivity index (χ3v) is 3.38. The summed E-state index contributed by atoms with van der Waals surface area (Å²) in [5.74, 6) is -2.81. The molecule has 140 valence electrons. The van der Waals surface area contributed by atoms with Crippen LogP contribution in [0.1, 0.15) is 42.4 Å². The van der Waals surface area contributed by atoms with E-state index in [2.05, 4.69) is 20.0 Å². The van der Waals surface area contributed by atoms with Crippen molar-refractivity contribution < 1.29 is 32.0 Å². The molecule has 2 amide bonds. The van der Waals surface area contributed by atoms with Crippen LogP contribution in [0.15, 0.2) is 22.7 Å². The molecule has 0 aliphatic rings. The zero-order valence-corrected chi connectivity index (χ0v) is 14.0. The zero-order valence-electron chi connectivity index (χ0n) is 14.0. The van der Waals surface area contributed by atoms with E-state index in [0.717, 1.165) is 6.42 Å². The van der Waals surface area contributed by atoms with Crippen molar-refractivity contribution in [2.75, 3.05) is 7.11 Å². The predicted octanol–water partition coefficient (Wildman–Crippen LogP) is 3.21. The fraction of sp³-hybridized carbons (Fsp3) is 0.375. The number of hydrogen-bond acceptors (Lipinski definition) is 6. The Morgan fingerprint density at radius 1 is 1.31 bits per heavy atom. The number of carbonyl (C=O) groups excluding carboxylic acids is 2. The molecule has 1 N–H and O–H groups in total. The van der Waals surface area contributed by atoms with Crippen LogP contribution in [0.25, 0.3) is 11.4 Å². The first-order chi connectivity index (χ1) is 12.3. The Morgan fingerprint density at radius 3 is 2.62 bits per heavy atom. The molecule has 7 nitrogen and oxygen atoms in total. The van der Waals surface area contributed by atoms with Gasteiger partial charge in [0.2, 0.25) is 11.7 Å². The second-order valence-electron chi connectivity index (χ2n) is 5.32. The van der Waals surface area contributed by atoms with E-state index in [1.165, 1.54) is 25.3 Å². The molecule has 0 bridgehead atoms. The summed E-state index contributed by atoms with van der Waals surface area (Å²) in [6, 6.07) is 3.93. The smallest absolute Gasteiger partial charge is 0.471 e. The van der Waals surface area contributed by atoms with Gasteiger partial charge in [0.05, 0.1) is 12.7 Å². The van der Waals surface area contributed by atoms with Crippen molar-refractivity contribution in [3.8, 4) is 17.1 Å². The van der Waals surface area contributed by atoms with Gasteiger partial charge in [-0.2, -0.15) is 18.2 Å². The van der Waals surface area contributed by atoms with E-state index in [1.54, 1.807) is 0 Å². The number of carbonyl (C=O) groups is 2. The van der Waals surface area contributed by atoms with Crippen LogP contribution in [-0.4, -0.2) is 29.1 Å². The van der Waals surface area contributed by atoms with E-state index in [9.17, 15) is 22.8 Å². The maximum atomic E-state index is 12.5. The molecule has 0 aliphatic heterocycles. The molecule has 1 aromatic heterocycles. The molecule has 0 saturated carbocycles. The van der Waals surface area contributed by atoms with E-state index in [-0.39, 0.29) is 29.1 Å². The fourth-order valence-corrected chi connectivity index (χ4v) is 2.07. The van der Waals surface area contributed by atoms with Gasteiger partial charge < -0.3 is 9.26 Å². The molecule has 0 atom stereocenters. The molecule has 0 spiro atoms. The maximum Gasteiger partial charge on any atom is 0.471 e. The molecule has 2 aromatic rings. The summed E-state index contributed by atoms with van der Waals surface area (Å²) in [5, 5.41) is 5.50. The average Bonchev–Trinajstić information content (AvgIpc) is 3.09. The third kappa shape index (κ3) is 4.58. The van der Waals surface area contributed by atoms with Crippen LogP contribution >= 0.6 is 0 Å². The third-order valence-electron chi connectivity index (χ3n) is 3.38. The number of unbranched alkanes of at least 4 members (excludes halogenated alkanes) is 1. The number of rotatable bonds is 6. The molecule has 0 aliphatic carbocycles. The monoisotopic (exact) mass is 371 g/mol. The largest absolute Gasteiger partial charge is 0.496 e. The highest BCUT2D eigenvalue weighted by Gasteiger charge is 2.38. The van der Waals surface area contributed by atoms with Gasteiger partial charge >= 0.3 is 12.1 Å². The number of hydrogen-bond donors (Lipinski definition) is 1. The van der Waals surface area contributed by atoms with Crippen molar-refractivity contribution in [3.63, 3.8) is 0 Å². The number of alkyl halides is 3. The van der Waals surface area contributed by atoms with E-state index < -0.39 is 23.9 Å². The van der Waals surface area contributed by atoms with Gasteiger partial charge in [0, 0.05) is 12.0 Å². The minimum atomic E-state index is -4.76. The summed E-state index contributed by atoms with van der Waals surface area (Å²) >= 11 is 0. The molecular formula is C16H16F3N3O4. The Hall–Kier alpha value is -2.91. The molecule has 0 radical (unpaired) electrons. The Kier molecular flexibility index (Phi) is 5.96. The van der Waals surface area contributed by atoms with E-state index in [4.69, 9.17) is 4.74 Å². The van der Waals surface area contributed by atoms with Gasteiger partial charge in [0.25, 0.3) is 5.91 Å². The highest BCUT2D eigenvalue weighted by Crippen LogP contribution is 2.31. The zero-order chi connectivity index (χ0) is 19.3. The van der Waals surface area contributed by atoms with Crippen LogP contribution < -0.4 is 10.1 Å². The van der Waals surface area contributed by atoms with Crippen LogP contribution in [0.3, 0.4) is 0 Å². The van der Waals surface area contributed by atoms with Gasteiger partial charge in [-0.25, -0.2) is 0 Å². The molecule has 0 fully saturated rings. The first-order valence-electron chi connectivity index (χ1n) is 7.69. The fourth-order valence-electron chi connectivity index (χ4n) is 2.07. The summed E-state index contributed by atoms with van der Waals surface area (Å²) < 4.78 is 46.9. The van der Waals surface area contributed by atoms with Gasteiger partial charge in [-0.1, -0.05) is 18.5 Å². The van der Waals surface area contributed by atoms with Crippen LogP contribution in [0.4, 0.5) is 13.2 Å². The highest BCUT2D eigenvalue weighted by atomic mass is 19.4. The van der Waals surface area contributed by atoms with Crippen LogP contribution in [0, 0.1) is 0 Å². The lowest BCUT2D eigenvalue weighted by Gasteiger charge is -2.09. The number of amides is 2. The van der Waals surface area contributed by atoms with Crippen molar-refractivity contribution in [1.29, 1.82) is 0 Å². The van der Waals surface area contributed by atoms with Crippen molar-refractivity contribution in [1.82, 2.24) is 15.5 Å². The standard InChI is InChI=1S/C16H16F3N3O4/c1-3-4-5-12(23)20-14(24)10-7-6-9(8-11(10)25-2)13-21-15(26-22-13)16(17,18)19/h6-8H,3-5H2,1-2H3,(H,20,23,24). The molecule has 1 aromatic carbocycles. The first kappa shape index (κ1) is 19.4. The lowest BCUT2D eigenvalue weighted by Crippen LogP contribution is -2.30. The summed E-state index contributed by atoms with van der Waals surface area (Å²) in [6.45, 7) is 1.92. The summed E-state index contributed by atoms with van der Waals surface area (Å²) in [7, 11) is 1.28. The first-order valence-corrected chi connectivity index (χ1v) is 7.69. The minimum Gasteiger partial charge on any atom is -0.496 e. The van der Waals surface area contributed by atoms with Crippen molar-refractivity contribution in [2.24, 2.45) is 0 Å². The average molecular weight is 371 g/mol. The van der Waals surface area contributed by atoms with Gasteiger partial charge in [-0.05, 0) is 24.6 Å². The molecule has 0 unspecified atom stereocenters. The van der Waals surface area contributed by atoms with Crippen molar-refractivity contribution >= 4 is 11.8 Å². The molecule has 1 heterocycles. The normalized spacial score (nSPS) is 11.3.